The molecule has 4 rings (SSSR count). The number of hydrogen-bond donors (Lipinski definition) is 0. The third-order valence-electron chi connectivity index (χ3n) is 4.92. The van der Waals surface area contributed by atoms with Gasteiger partial charge in [0.2, 0.25) is 0 Å². The van der Waals surface area contributed by atoms with Crippen LogP contribution in [0.5, 0.6) is 0 Å². The molecule has 0 radical (unpaired) electrons. The van der Waals surface area contributed by atoms with Gasteiger partial charge in [-0.1, -0.05) is 41.6 Å². The average molecular weight is 347 g/mol. The van der Waals surface area contributed by atoms with E-state index in [-0.39, 0.29) is 11.9 Å². The molecule has 1 aliphatic heterocycles. The lowest BCUT2D eigenvalue weighted by atomic mass is 10.0. The third-order valence-corrected chi connectivity index (χ3v) is 4.92. The zero-order chi connectivity index (χ0) is 17.9. The number of aromatic nitrogens is 4. The average Bonchev–Trinajstić information content (AvgIpc) is 3.19. The summed E-state index contributed by atoms with van der Waals surface area (Å²) in [5.74, 6) is 0.0186. The predicted molar refractivity (Wildman–Crippen MR) is 98.6 cm³/mol. The van der Waals surface area contributed by atoms with Crippen LogP contribution in [-0.4, -0.2) is 43.9 Å². The van der Waals surface area contributed by atoms with Gasteiger partial charge in [-0.2, -0.15) is 0 Å². The van der Waals surface area contributed by atoms with Gasteiger partial charge in [0, 0.05) is 24.8 Å². The van der Waals surface area contributed by atoms with Crippen molar-refractivity contribution in [2.45, 2.75) is 25.8 Å². The number of nitrogens with zero attached hydrogens (tertiary/aromatic N) is 5. The Hall–Kier alpha value is -3.02. The monoisotopic (exact) mass is 347 g/mol. The van der Waals surface area contributed by atoms with E-state index in [0.717, 1.165) is 29.7 Å². The second-order valence-corrected chi connectivity index (χ2v) is 6.64. The first-order valence-electron chi connectivity index (χ1n) is 8.90. The van der Waals surface area contributed by atoms with Crippen LogP contribution in [-0.2, 0) is 0 Å². The summed E-state index contributed by atoms with van der Waals surface area (Å²) in [5, 5.41) is 8.61. The fourth-order valence-electron chi connectivity index (χ4n) is 3.39. The van der Waals surface area contributed by atoms with Gasteiger partial charge < -0.3 is 4.90 Å². The standard InChI is InChI=1S/C20H21N5O/c1-15-6-5-11-21-19(15)20(26)24-12-9-17(10-13-24)25-14-18(22-23-25)16-7-3-2-4-8-16/h2-8,11,14,17H,9-10,12-13H2,1H3. The molecule has 1 aromatic carbocycles. The number of hydrogen-bond acceptors (Lipinski definition) is 4. The van der Waals surface area contributed by atoms with E-state index in [2.05, 4.69) is 15.3 Å². The van der Waals surface area contributed by atoms with E-state index in [1.807, 2.05) is 65.2 Å². The van der Waals surface area contributed by atoms with Crippen molar-refractivity contribution >= 4 is 5.91 Å². The second kappa shape index (κ2) is 7.07. The summed E-state index contributed by atoms with van der Waals surface area (Å²) in [5.41, 5.74) is 3.42. The first-order chi connectivity index (χ1) is 12.7. The molecule has 0 spiro atoms. The zero-order valence-corrected chi connectivity index (χ0v) is 14.7. The number of rotatable bonds is 3. The number of carbonyl (C=O) groups is 1. The Bertz CT molecular complexity index is 897. The van der Waals surface area contributed by atoms with E-state index in [4.69, 9.17) is 0 Å². The molecular weight excluding hydrogens is 326 g/mol. The fourth-order valence-corrected chi connectivity index (χ4v) is 3.39. The van der Waals surface area contributed by atoms with Gasteiger partial charge in [-0.15, -0.1) is 5.10 Å². The van der Waals surface area contributed by atoms with Crippen molar-refractivity contribution in [1.82, 2.24) is 24.9 Å². The quantitative estimate of drug-likeness (QED) is 0.730. The molecule has 0 saturated carbocycles. The summed E-state index contributed by atoms with van der Waals surface area (Å²) in [6.45, 7) is 3.34. The van der Waals surface area contributed by atoms with Gasteiger partial charge in [-0.3, -0.25) is 9.78 Å². The molecule has 0 N–H and O–H groups in total. The van der Waals surface area contributed by atoms with Crippen LogP contribution in [0.15, 0.2) is 54.9 Å². The van der Waals surface area contributed by atoms with Gasteiger partial charge in [-0.25, -0.2) is 4.68 Å². The molecule has 26 heavy (non-hydrogen) atoms. The number of amides is 1. The number of carbonyl (C=O) groups excluding carboxylic acids is 1. The number of piperidine rings is 1. The van der Waals surface area contributed by atoms with Gasteiger partial charge in [0.1, 0.15) is 11.4 Å². The molecule has 1 amide bonds. The van der Waals surface area contributed by atoms with E-state index in [1.54, 1.807) is 6.20 Å². The highest BCUT2D eigenvalue weighted by Gasteiger charge is 2.26. The van der Waals surface area contributed by atoms with Crippen molar-refractivity contribution in [1.29, 1.82) is 0 Å². The molecule has 3 heterocycles. The van der Waals surface area contributed by atoms with Crippen molar-refractivity contribution in [3.05, 3.63) is 66.1 Å². The molecule has 0 bridgehead atoms. The highest BCUT2D eigenvalue weighted by atomic mass is 16.2. The molecule has 1 saturated heterocycles. The Kier molecular flexibility index (Phi) is 4.48. The first kappa shape index (κ1) is 16.4. The molecule has 0 unspecified atom stereocenters. The van der Waals surface area contributed by atoms with Gasteiger partial charge in [0.05, 0.1) is 12.2 Å². The molecule has 6 nitrogen and oxygen atoms in total. The largest absolute Gasteiger partial charge is 0.337 e. The van der Waals surface area contributed by atoms with Crippen LogP contribution in [0.1, 0.15) is 34.9 Å². The maximum atomic E-state index is 12.7. The maximum absolute atomic E-state index is 12.7. The minimum Gasteiger partial charge on any atom is -0.337 e. The van der Waals surface area contributed by atoms with Crippen molar-refractivity contribution in [3.8, 4) is 11.3 Å². The van der Waals surface area contributed by atoms with Crippen molar-refractivity contribution in [2.75, 3.05) is 13.1 Å². The Morgan fingerprint density at radius 2 is 1.85 bits per heavy atom. The topological polar surface area (TPSA) is 63.9 Å². The summed E-state index contributed by atoms with van der Waals surface area (Å²) in [4.78, 5) is 18.8. The second-order valence-electron chi connectivity index (χ2n) is 6.64. The minimum atomic E-state index is 0.0186. The van der Waals surface area contributed by atoms with Crippen LogP contribution in [0.25, 0.3) is 11.3 Å². The maximum Gasteiger partial charge on any atom is 0.272 e. The van der Waals surface area contributed by atoms with Gasteiger partial charge in [0.25, 0.3) is 5.91 Å². The van der Waals surface area contributed by atoms with E-state index in [0.29, 0.717) is 18.8 Å². The highest BCUT2D eigenvalue weighted by Crippen LogP contribution is 2.25. The number of benzene rings is 1. The molecule has 132 valence electrons. The number of likely N-dealkylation sites (tertiary alicyclic amines) is 1. The number of aryl methyl sites for hydroxylation is 1. The predicted octanol–water partition coefficient (Wildman–Crippen LogP) is 3.13. The molecule has 3 aromatic rings. The Labute approximate surface area is 152 Å². The lowest BCUT2D eigenvalue weighted by Gasteiger charge is -2.31. The molecular formula is C20H21N5O. The fraction of sp³-hybridized carbons (Fsp3) is 0.300. The van der Waals surface area contributed by atoms with Crippen LogP contribution in [0.4, 0.5) is 0 Å². The third kappa shape index (κ3) is 3.22. The van der Waals surface area contributed by atoms with E-state index < -0.39 is 0 Å². The highest BCUT2D eigenvalue weighted by molar-refractivity contribution is 5.93. The lowest BCUT2D eigenvalue weighted by Crippen LogP contribution is -2.39. The van der Waals surface area contributed by atoms with Gasteiger partial charge in [-0.05, 0) is 31.4 Å². The van der Waals surface area contributed by atoms with Crippen LogP contribution < -0.4 is 0 Å². The first-order valence-corrected chi connectivity index (χ1v) is 8.90. The Morgan fingerprint density at radius 1 is 1.08 bits per heavy atom. The lowest BCUT2D eigenvalue weighted by molar-refractivity contribution is 0.0682. The van der Waals surface area contributed by atoms with E-state index >= 15 is 0 Å². The SMILES string of the molecule is Cc1cccnc1C(=O)N1CCC(n2cc(-c3ccccc3)nn2)CC1. The summed E-state index contributed by atoms with van der Waals surface area (Å²) in [6.07, 6.45) is 5.41. The van der Waals surface area contributed by atoms with Crippen molar-refractivity contribution < 1.29 is 4.79 Å². The molecule has 2 aromatic heterocycles. The van der Waals surface area contributed by atoms with Crippen LogP contribution in [0.2, 0.25) is 0 Å². The molecule has 6 heteroatoms. The van der Waals surface area contributed by atoms with Crippen LogP contribution in [0, 0.1) is 6.92 Å². The minimum absolute atomic E-state index is 0.0186. The molecule has 1 aliphatic rings. The Morgan fingerprint density at radius 3 is 2.58 bits per heavy atom. The molecule has 1 fully saturated rings. The normalized spacial score (nSPS) is 15.2. The molecule has 0 aliphatic carbocycles. The van der Waals surface area contributed by atoms with E-state index in [9.17, 15) is 4.79 Å². The van der Waals surface area contributed by atoms with Crippen LogP contribution >= 0.6 is 0 Å². The smallest absolute Gasteiger partial charge is 0.272 e. The number of pyridine rings is 1. The van der Waals surface area contributed by atoms with Gasteiger partial charge in [0.15, 0.2) is 0 Å². The molecule has 0 atom stereocenters. The van der Waals surface area contributed by atoms with Gasteiger partial charge >= 0.3 is 0 Å². The Balaban J connectivity index is 1.42. The summed E-state index contributed by atoms with van der Waals surface area (Å²) < 4.78 is 1.94. The zero-order valence-electron chi connectivity index (χ0n) is 14.7. The summed E-state index contributed by atoms with van der Waals surface area (Å²) in [6, 6.07) is 14.1. The van der Waals surface area contributed by atoms with Crippen LogP contribution in [0.3, 0.4) is 0 Å². The summed E-state index contributed by atoms with van der Waals surface area (Å²) >= 11 is 0. The summed E-state index contributed by atoms with van der Waals surface area (Å²) in [7, 11) is 0. The van der Waals surface area contributed by atoms with Crippen molar-refractivity contribution in [3.63, 3.8) is 0 Å². The van der Waals surface area contributed by atoms with Crippen molar-refractivity contribution in [2.24, 2.45) is 0 Å². The van der Waals surface area contributed by atoms with E-state index in [1.165, 1.54) is 0 Å².